The Bertz CT molecular complexity index is 386. The van der Waals surface area contributed by atoms with E-state index in [0.29, 0.717) is 24.4 Å². The smallest absolute Gasteiger partial charge is 0.260 e. The molecule has 0 saturated heterocycles. The van der Waals surface area contributed by atoms with Gasteiger partial charge in [0.25, 0.3) is 5.91 Å². The molecule has 18 heavy (non-hydrogen) atoms. The highest BCUT2D eigenvalue weighted by Gasteiger charge is 2.13. The van der Waals surface area contributed by atoms with Crippen molar-refractivity contribution in [3.05, 3.63) is 29.8 Å². The topological polar surface area (TPSA) is 49.8 Å². The summed E-state index contributed by atoms with van der Waals surface area (Å²) in [6.07, 6.45) is -0.607. The van der Waals surface area contributed by atoms with Gasteiger partial charge in [0.2, 0.25) is 0 Å². The lowest BCUT2D eigenvalue weighted by atomic mass is 10.1. The number of aliphatic hydroxyl groups is 1. The Hall–Kier alpha value is -1.55. The molecule has 0 radical (unpaired) electrons. The van der Waals surface area contributed by atoms with Crippen LogP contribution in [-0.4, -0.2) is 35.6 Å². The molecular formula is C14H21NO3. The van der Waals surface area contributed by atoms with E-state index in [1.165, 1.54) is 0 Å². The first-order chi connectivity index (χ1) is 8.60. The summed E-state index contributed by atoms with van der Waals surface area (Å²) in [5, 5.41) is 9.60. The monoisotopic (exact) mass is 251 g/mol. The zero-order valence-electron chi connectivity index (χ0n) is 11.2. The SMILES string of the molecule is CCN(CC)C(=O)COc1ccccc1[C@H](C)O. The number of ether oxygens (including phenoxy) is 1. The molecule has 1 atom stereocenters. The molecule has 1 aromatic carbocycles. The lowest BCUT2D eigenvalue weighted by Gasteiger charge is -2.19. The molecule has 4 nitrogen and oxygen atoms in total. The van der Waals surface area contributed by atoms with E-state index >= 15 is 0 Å². The number of hydrogen-bond acceptors (Lipinski definition) is 3. The number of likely N-dealkylation sites (N-methyl/N-ethyl adjacent to an activating group) is 1. The van der Waals surface area contributed by atoms with Gasteiger partial charge < -0.3 is 14.7 Å². The van der Waals surface area contributed by atoms with Crippen molar-refractivity contribution in [2.45, 2.75) is 26.9 Å². The fraction of sp³-hybridized carbons (Fsp3) is 0.500. The number of hydrogen-bond donors (Lipinski definition) is 1. The van der Waals surface area contributed by atoms with Gasteiger partial charge in [0.15, 0.2) is 6.61 Å². The molecule has 1 amide bonds. The Labute approximate surface area is 108 Å². The van der Waals surface area contributed by atoms with Crippen LogP contribution in [0, 0.1) is 0 Å². The lowest BCUT2D eigenvalue weighted by Crippen LogP contribution is -2.34. The highest BCUT2D eigenvalue weighted by molar-refractivity contribution is 5.77. The van der Waals surface area contributed by atoms with E-state index < -0.39 is 6.10 Å². The van der Waals surface area contributed by atoms with Crippen LogP contribution >= 0.6 is 0 Å². The van der Waals surface area contributed by atoms with Gasteiger partial charge in [-0.2, -0.15) is 0 Å². The molecule has 1 rings (SSSR count). The van der Waals surface area contributed by atoms with Crippen molar-refractivity contribution < 1.29 is 14.6 Å². The Balaban J connectivity index is 2.66. The summed E-state index contributed by atoms with van der Waals surface area (Å²) in [6.45, 7) is 6.91. The van der Waals surface area contributed by atoms with Crippen LogP contribution < -0.4 is 4.74 Å². The average molecular weight is 251 g/mol. The molecule has 0 unspecified atom stereocenters. The number of carbonyl (C=O) groups excluding carboxylic acids is 1. The van der Waals surface area contributed by atoms with Gasteiger partial charge in [0, 0.05) is 18.7 Å². The Kier molecular flexibility index (Phi) is 5.65. The van der Waals surface area contributed by atoms with Gasteiger partial charge in [-0.1, -0.05) is 18.2 Å². The second-order valence-corrected chi connectivity index (χ2v) is 4.07. The number of rotatable bonds is 6. The predicted octanol–water partition coefficient (Wildman–Crippen LogP) is 1.99. The number of carbonyl (C=O) groups is 1. The van der Waals surface area contributed by atoms with E-state index in [2.05, 4.69) is 0 Å². The molecule has 0 aromatic heterocycles. The zero-order valence-corrected chi connectivity index (χ0v) is 11.2. The standard InChI is InChI=1S/C14H21NO3/c1-4-15(5-2)14(17)10-18-13-9-7-6-8-12(13)11(3)16/h6-9,11,16H,4-5,10H2,1-3H3/t11-/m0/s1. The normalized spacial score (nSPS) is 12.0. The van der Waals surface area contributed by atoms with E-state index in [1.807, 2.05) is 26.0 Å². The quantitative estimate of drug-likeness (QED) is 0.841. The average Bonchev–Trinajstić information content (AvgIpc) is 2.38. The van der Waals surface area contributed by atoms with Crippen molar-refractivity contribution in [3.8, 4) is 5.75 Å². The minimum absolute atomic E-state index is 0.00537. The number of amides is 1. The van der Waals surface area contributed by atoms with E-state index in [0.717, 1.165) is 0 Å². The largest absolute Gasteiger partial charge is 0.483 e. The van der Waals surface area contributed by atoms with Crippen LogP contribution in [0.2, 0.25) is 0 Å². The summed E-state index contributed by atoms with van der Waals surface area (Å²) < 4.78 is 5.49. The van der Waals surface area contributed by atoms with Crippen LogP contribution in [0.25, 0.3) is 0 Å². The fourth-order valence-corrected chi connectivity index (χ4v) is 1.76. The maximum atomic E-state index is 11.8. The van der Waals surface area contributed by atoms with Crippen molar-refractivity contribution in [2.24, 2.45) is 0 Å². The van der Waals surface area contributed by atoms with Gasteiger partial charge in [-0.05, 0) is 26.8 Å². The van der Waals surface area contributed by atoms with Crippen molar-refractivity contribution in [1.29, 1.82) is 0 Å². The highest BCUT2D eigenvalue weighted by Crippen LogP contribution is 2.24. The van der Waals surface area contributed by atoms with E-state index in [4.69, 9.17) is 4.74 Å². The van der Waals surface area contributed by atoms with Crippen molar-refractivity contribution >= 4 is 5.91 Å². The van der Waals surface area contributed by atoms with E-state index in [9.17, 15) is 9.90 Å². The first-order valence-corrected chi connectivity index (χ1v) is 6.27. The second kappa shape index (κ2) is 7.01. The van der Waals surface area contributed by atoms with Crippen LogP contribution in [-0.2, 0) is 4.79 Å². The highest BCUT2D eigenvalue weighted by atomic mass is 16.5. The van der Waals surface area contributed by atoms with Crippen LogP contribution in [0.5, 0.6) is 5.75 Å². The molecule has 0 aliphatic carbocycles. The van der Waals surface area contributed by atoms with Crippen molar-refractivity contribution in [2.75, 3.05) is 19.7 Å². The Morgan fingerprint density at radius 1 is 1.33 bits per heavy atom. The maximum Gasteiger partial charge on any atom is 0.260 e. The molecule has 4 heteroatoms. The minimum Gasteiger partial charge on any atom is -0.483 e. The van der Waals surface area contributed by atoms with Gasteiger partial charge in [-0.25, -0.2) is 0 Å². The number of nitrogens with zero attached hydrogens (tertiary/aromatic N) is 1. The molecule has 0 aliphatic heterocycles. The summed E-state index contributed by atoms with van der Waals surface area (Å²) in [5.41, 5.74) is 0.699. The summed E-state index contributed by atoms with van der Waals surface area (Å²) in [5.74, 6) is 0.522. The first-order valence-electron chi connectivity index (χ1n) is 6.27. The van der Waals surface area contributed by atoms with Crippen LogP contribution in [0.15, 0.2) is 24.3 Å². The number of benzene rings is 1. The predicted molar refractivity (Wildman–Crippen MR) is 70.5 cm³/mol. The van der Waals surface area contributed by atoms with Gasteiger partial charge in [0.1, 0.15) is 5.75 Å². The van der Waals surface area contributed by atoms with Crippen molar-refractivity contribution in [3.63, 3.8) is 0 Å². The third-order valence-corrected chi connectivity index (χ3v) is 2.84. The minimum atomic E-state index is -0.607. The second-order valence-electron chi connectivity index (χ2n) is 4.07. The van der Waals surface area contributed by atoms with Crippen LogP contribution in [0.4, 0.5) is 0 Å². The molecule has 0 aliphatic rings. The molecule has 0 spiro atoms. The third kappa shape index (κ3) is 3.74. The molecule has 0 bridgehead atoms. The Morgan fingerprint density at radius 3 is 2.50 bits per heavy atom. The van der Waals surface area contributed by atoms with Crippen molar-refractivity contribution in [1.82, 2.24) is 4.90 Å². The first kappa shape index (κ1) is 14.5. The molecule has 100 valence electrons. The van der Waals surface area contributed by atoms with Gasteiger partial charge >= 0.3 is 0 Å². The van der Waals surface area contributed by atoms with Gasteiger partial charge in [0.05, 0.1) is 6.10 Å². The zero-order chi connectivity index (χ0) is 13.5. The summed E-state index contributed by atoms with van der Waals surface area (Å²) in [6, 6.07) is 7.21. The van der Waals surface area contributed by atoms with E-state index in [-0.39, 0.29) is 12.5 Å². The number of para-hydroxylation sites is 1. The Morgan fingerprint density at radius 2 is 1.94 bits per heavy atom. The number of aliphatic hydroxyl groups excluding tert-OH is 1. The van der Waals surface area contributed by atoms with Crippen LogP contribution in [0.1, 0.15) is 32.4 Å². The molecular weight excluding hydrogens is 230 g/mol. The molecule has 0 heterocycles. The van der Waals surface area contributed by atoms with E-state index in [1.54, 1.807) is 24.0 Å². The molecule has 1 N–H and O–H groups in total. The van der Waals surface area contributed by atoms with Gasteiger partial charge in [-0.15, -0.1) is 0 Å². The lowest BCUT2D eigenvalue weighted by molar-refractivity contribution is -0.133. The summed E-state index contributed by atoms with van der Waals surface area (Å²) in [4.78, 5) is 13.5. The maximum absolute atomic E-state index is 11.8. The third-order valence-electron chi connectivity index (χ3n) is 2.84. The molecule has 1 aromatic rings. The molecule has 0 fully saturated rings. The van der Waals surface area contributed by atoms with Gasteiger partial charge in [-0.3, -0.25) is 4.79 Å². The van der Waals surface area contributed by atoms with Crippen LogP contribution in [0.3, 0.4) is 0 Å². The summed E-state index contributed by atoms with van der Waals surface area (Å²) >= 11 is 0. The molecule has 0 saturated carbocycles. The summed E-state index contributed by atoms with van der Waals surface area (Å²) in [7, 11) is 0. The fourth-order valence-electron chi connectivity index (χ4n) is 1.76.